The monoisotopic (exact) mass is 296 g/mol. The molecule has 0 fully saturated rings. The Hall–Kier alpha value is 0.480. The van der Waals surface area contributed by atoms with E-state index in [1.54, 1.807) is 23.5 Å². The third kappa shape index (κ3) is 11.0. The summed E-state index contributed by atoms with van der Waals surface area (Å²) in [7, 11) is 0. The highest BCUT2D eigenvalue weighted by atomic mass is 32.2. The van der Waals surface area contributed by atoms with E-state index in [2.05, 4.69) is 13.8 Å². The molecule has 0 unspecified atom stereocenters. The fraction of sp³-hybridized carbons (Fsp3) is 0.800. The van der Waals surface area contributed by atoms with Gasteiger partial charge in [0.05, 0.1) is 0 Å². The molecule has 2 nitrogen and oxygen atoms in total. The van der Waals surface area contributed by atoms with Crippen LogP contribution in [0.3, 0.4) is 0 Å². The lowest BCUT2D eigenvalue weighted by atomic mass is 10.0. The molecule has 0 saturated carbocycles. The quantitative estimate of drug-likeness (QED) is 0.555. The third-order valence-electron chi connectivity index (χ3n) is 2.04. The van der Waals surface area contributed by atoms with Gasteiger partial charge in [-0.1, -0.05) is 74.6 Å². The molecule has 16 heavy (non-hydrogen) atoms. The zero-order valence-corrected chi connectivity index (χ0v) is 13.1. The Balaban J connectivity index is 3.50. The van der Waals surface area contributed by atoms with Crippen LogP contribution in [0, 0.1) is 0 Å². The van der Waals surface area contributed by atoms with Gasteiger partial charge in [0.25, 0.3) is 0 Å². The molecule has 0 aromatic carbocycles. The maximum atomic E-state index is 5.53. The van der Waals surface area contributed by atoms with Crippen LogP contribution in [0.25, 0.3) is 0 Å². The summed E-state index contributed by atoms with van der Waals surface area (Å²) in [6.45, 7) is 4.36. The van der Waals surface area contributed by atoms with Crippen molar-refractivity contribution in [3.8, 4) is 0 Å². The maximum absolute atomic E-state index is 5.53. The van der Waals surface area contributed by atoms with Crippen LogP contribution >= 0.6 is 48.0 Å². The summed E-state index contributed by atoms with van der Waals surface area (Å²) in [6, 6.07) is 0. The molecule has 0 rings (SSSR count). The van der Waals surface area contributed by atoms with Gasteiger partial charge in [0.1, 0.15) is 8.64 Å². The molecule has 0 radical (unpaired) electrons. The summed E-state index contributed by atoms with van der Waals surface area (Å²) in [6.07, 6.45) is 4.69. The van der Waals surface area contributed by atoms with Gasteiger partial charge in [0.2, 0.25) is 0 Å². The van der Waals surface area contributed by atoms with E-state index in [1.165, 1.54) is 12.8 Å². The molecule has 0 saturated heterocycles. The second-order valence-corrected chi connectivity index (χ2v) is 8.44. The van der Waals surface area contributed by atoms with E-state index >= 15 is 0 Å². The molecule has 0 aromatic rings. The van der Waals surface area contributed by atoms with Gasteiger partial charge in [-0.2, -0.15) is 0 Å². The Morgan fingerprint density at radius 3 is 2.19 bits per heavy atom. The van der Waals surface area contributed by atoms with E-state index in [4.69, 9.17) is 35.9 Å². The van der Waals surface area contributed by atoms with Crippen molar-refractivity contribution in [3.05, 3.63) is 0 Å². The highest BCUT2D eigenvalue weighted by molar-refractivity contribution is 8.23. The first kappa shape index (κ1) is 16.5. The zero-order valence-electron chi connectivity index (χ0n) is 9.82. The summed E-state index contributed by atoms with van der Waals surface area (Å²) >= 11 is 12.8. The van der Waals surface area contributed by atoms with Gasteiger partial charge < -0.3 is 11.5 Å². The van der Waals surface area contributed by atoms with E-state index in [0.29, 0.717) is 8.64 Å². The first-order valence-corrected chi connectivity index (χ1v) is 7.86. The highest BCUT2D eigenvalue weighted by Crippen LogP contribution is 2.30. The van der Waals surface area contributed by atoms with E-state index < -0.39 is 0 Å². The molecule has 0 aromatic heterocycles. The van der Waals surface area contributed by atoms with Gasteiger partial charge in [0.15, 0.2) is 0 Å². The normalized spacial score (nSPS) is 11.4. The van der Waals surface area contributed by atoms with Crippen molar-refractivity contribution >= 4 is 56.6 Å². The van der Waals surface area contributed by atoms with E-state index in [1.807, 2.05) is 0 Å². The summed E-state index contributed by atoms with van der Waals surface area (Å²) in [5.41, 5.74) is 10.9. The van der Waals surface area contributed by atoms with Crippen LogP contribution in [0.5, 0.6) is 0 Å². The number of thioether (sulfide) groups is 2. The van der Waals surface area contributed by atoms with Crippen LogP contribution in [0.2, 0.25) is 0 Å². The Labute approximate surface area is 118 Å². The van der Waals surface area contributed by atoms with E-state index in [0.717, 1.165) is 18.6 Å². The maximum Gasteiger partial charge on any atom is 0.131 e. The highest BCUT2D eigenvalue weighted by Gasteiger charge is 2.18. The predicted molar refractivity (Wildman–Crippen MR) is 86.2 cm³/mol. The van der Waals surface area contributed by atoms with Gasteiger partial charge in [0, 0.05) is 10.5 Å². The summed E-state index contributed by atoms with van der Waals surface area (Å²) in [5.74, 6) is 1.03. The number of hydrogen-bond donors (Lipinski definition) is 2. The topological polar surface area (TPSA) is 52.0 Å². The lowest BCUT2D eigenvalue weighted by Gasteiger charge is -2.22. The van der Waals surface area contributed by atoms with Crippen molar-refractivity contribution in [2.24, 2.45) is 11.5 Å². The van der Waals surface area contributed by atoms with E-state index in [-0.39, 0.29) is 4.75 Å². The Morgan fingerprint density at radius 2 is 1.69 bits per heavy atom. The average Bonchev–Trinajstić information content (AvgIpc) is 2.08. The molecular formula is C10H20N2S4. The van der Waals surface area contributed by atoms with Crippen LogP contribution in [-0.4, -0.2) is 19.1 Å². The van der Waals surface area contributed by atoms with Crippen LogP contribution in [-0.2, 0) is 0 Å². The zero-order chi connectivity index (χ0) is 12.6. The van der Waals surface area contributed by atoms with Crippen molar-refractivity contribution in [2.45, 2.75) is 44.3 Å². The predicted octanol–water partition coefficient (Wildman–Crippen LogP) is 3.28. The number of unbranched alkanes of at least 4 members (excludes halogenated alkanes) is 2. The van der Waals surface area contributed by atoms with Crippen molar-refractivity contribution in [1.82, 2.24) is 0 Å². The lowest BCUT2D eigenvalue weighted by Crippen LogP contribution is -2.20. The second-order valence-electron chi connectivity index (χ2n) is 4.16. The smallest absolute Gasteiger partial charge is 0.131 e. The van der Waals surface area contributed by atoms with Crippen molar-refractivity contribution in [3.63, 3.8) is 0 Å². The Morgan fingerprint density at radius 1 is 1.06 bits per heavy atom. The molecule has 0 aliphatic rings. The largest absolute Gasteiger partial charge is 0.385 e. The molecule has 0 bridgehead atoms. The van der Waals surface area contributed by atoms with Crippen LogP contribution in [0.1, 0.15) is 39.5 Å². The fourth-order valence-corrected chi connectivity index (χ4v) is 3.59. The molecule has 0 atom stereocenters. The number of nitrogens with two attached hydrogens (primary N) is 2. The van der Waals surface area contributed by atoms with Crippen molar-refractivity contribution < 1.29 is 0 Å². The van der Waals surface area contributed by atoms with Crippen LogP contribution < -0.4 is 11.5 Å². The molecule has 0 heterocycles. The first-order chi connectivity index (χ1) is 7.33. The third-order valence-corrected chi connectivity index (χ3v) is 4.38. The fourth-order valence-electron chi connectivity index (χ4n) is 1.33. The summed E-state index contributed by atoms with van der Waals surface area (Å²) < 4.78 is 1.24. The molecule has 0 amide bonds. The molecule has 0 aliphatic heterocycles. The lowest BCUT2D eigenvalue weighted by molar-refractivity contribution is 0.576. The van der Waals surface area contributed by atoms with Gasteiger partial charge in [-0.25, -0.2) is 0 Å². The molecule has 0 spiro atoms. The Bertz CT molecular complexity index is 241. The van der Waals surface area contributed by atoms with Gasteiger partial charge in [-0.15, -0.1) is 0 Å². The van der Waals surface area contributed by atoms with Crippen molar-refractivity contribution in [2.75, 3.05) is 5.75 Å². The number of hydrogen-bond acceptors (Lipinski definition) is 4. The molecule has 94 valence electrons. The summed E-state index contributed by atoms with van der Waals surface area (Å²) in [5, 5.41) is 0. The summed E-state index contributed by atoms with van der Waals surface area (Å²) in [4.78, 5) is 0. The van der Waals surface area contributed by atoms with Gasteiger partial charge in [-0.05, 0) is 12.8 Å². The van der Waals surface area contributed by atoms with Crippen molar-refractivity contribution in [1.29, 1.82) is 0 Å². The standard InChI is InChI=1S/C10H20N2S4/c1-10(2,16-9(12)14)6-4-3-5-7-15-8(11)13/h3-7H2,1-2H3,(H2,11,13)(H2,12,14). The van der Waals surface area contributed by atoms with E-state index in [9.17, 15) is 0 Å². The minimum atomic E-state index is 0.155. The van der Waals surface area contributed by atoms with Crippen LogP contribution in [0.15, 0.2) is 0 Å². The molecule has 4 N–H and O–H groups in total. The molecule has 6 heteroatoms. The van der Waals surface area contributed by atoms with Gasteiger partial charge >= 0.3 is 0 Å². The van der Waals surface area contributed by atoms with Crippen LogP contribution in [0.4, 0.5) is 0 Å². The van der Waals surface area contributed by atoms with Gasteiger partial charge in [-0.3, -0.25) is 0 Å². The average molecular weight is 297 g/mol. The Kier molecular flexibility index (Phi) is 8.81. The molecule has 0 aliphatic carbocycles. The number of rotatable bonds is 7. The SMILES string of the molecule is CC(C)(CCCCCSC(N)=S)SC(N)=S. The minimum Gasteiger partial charge on any atom is -0.385 e. The second kappa shape index (κ2) is 8.55. The first-order valence-electron chi connectivity index (χ1n) is 5.24. The minimum absolute atomic E-state index is 0.155. The molecular weight excluding hydrogens is 276 g/mol. The number of thiocarbonyl (C=S) groups is 2.